The van der Waals surface area contributed by atoms with Crippen LogP contribution >= 0.6 is 11.8 Å². The number of aryl methyl sites for hydroxylation is 1. The van der Waals surface area contributed by atoms with E-state index in [1.165, 1.54) is 16.0 Å². The van der Waals surface area contributed by atoms with Crippen molar-refractivity contribution in [3.8, 4) is 0 Å². The Labute approximate surface area is 182 Å². The van der Waals surface area contributed by atoms with Crippen molar-refractivity contribution in [2.75, 3.05) is 0 Å². The van der Waals surface area contributed by atoms with E-state index in [4.69, 9.17) is 4.99 Å². The molecular weight excluding hydrogens is 388 g/mol. The number of fused-ring (bicyclic) bond motifs is 2. The summed E-state index contributed by atoms with van der Waals surface area (Å²) in [5.74, 6) is -0.0728. The van der Waals surface area contributed by atoms with E-state index < -0.39 is 0 Å². The number of hydrogen-bond acceptors (Lipinski definition) is 3. The van der Waals surface area contributed by atoms with Gasteiger partial charge in [0.05, 0.1) is 5.69 Å². The molecule has 0 saturated heterocycles. The third-order valence-corrected chi connectivity index (χ3v) is 6.41. The lowest BCUT2D eigenvalue weighted by Crippen LogP contribution is -2.22. The second-order valence-electron chi connectivity index (χ2n) is 7.44. The summed E-state index contributed by atoms with van der Waals surface area (Å²) in [6.45, 7) is 4.83. The van der Waals surface area contributed by atoms with Gasteiger partial charge in [-0.15, -0.1) is 0 Å². The summed E-state index contributed by atoms with van der Waals surface area (Å²) in [6, 6.07) is 22.6. The fraction of sp³-hybridized carbons (Fsp3) is 0.231. The lowest BCUT2D eigenvalue weighted by atomic mass is 10.1. The largest absolute Gasteiger partial charge is 0.348 e. The van der Waals surface area contributed by atoms with Crippen LogP contribution in [0.4, 0.5) is 5.69 Å². The topological polar surface area (TPSA) is 41.5 Å². The molecule has 0 spiro atoms. The van der Waals surface area contributed by atoms with Crippen molar-refractivity contribution in [3.05, 3.63) is 89.0 Å². The maximum Gasteiger partial charge on any atom is 0.251 e. The Morgan fingerprint density at radius 1 is 0.933 bits per heavy atom. The van der Waals surface area contributed by atoms with E-state index in [1.807, 2.05) is 18.2 Å². The SMILES string of the molecule is CCCC1=Nc2cc(C(=O)NCc3ccc(CC)cc3)ccc2Sc2ccccc21. The maximum atomic E-state index is 12.8. The van der Waals surface area contributed by atoms with Gasteiger partial charge in [-0.1, -0.05) is 74.5 Å². The summed E-state index contributed by atoms with van der Waals surface area (Å²) < 4.78 is 0. The van der Waals surface area contributed by atoms with Crippen molar-refractivity contribution < 1.29 is 4.79 Å². The van der Waals surface area contributed by atoms with Crippen LogP contribution in [-0.2, 0) is 13.0 Å². The van der Waals surface area contributed by atoms with Crippen LogP contribution in [0.15, 0.2) is 81.5 Å². The molecule has 1 N–H and O–H groups in total. The number of amides is 1. The minimum atomic E-state index is -0.0728. The van der Waals surface area contributed by atoms with Gasteiger partial charge < -0.3 is 5.32 Å². The molecule has 0 aromatic heterocycles. The van der Waals surface area contributed by atoms with E-state index in [0.717, 1.165) is 41.1 Å². The molecule has 30 heavy (non-hydrogen) atoms. The highest BCUT2D eigenvalue weighted by molar-refractivity contribution is 7.99. The molecule has 4 rings (SSSR count). The molecule has 1 aliphatic rings. The van der Waals surface area contributed by atoms with Gasteiger partial charge in [0.15, 0.2) is 0 Å². The number of nitrogens with one attached hydrogen (secondary N) is 1. The number of nitrogens with zero attached hydrogens (tertiary/aromatic N) is 1. The van der Waals surface area contributed by atoms with Gasteiger partial charge in [-0.05, 0) is 48.2 Å². The van der Waals surface area contributed by atoms with Gasteiger partial charge in [-0.2, -0.15) is 0 Å². The third kappa shape index (κ3) is 4.49. The molecule has 0 atom stereocenters. The zero-order valence-electron chi connectivity index (χ0n) is 17.4. The lowest BCUT2D eigenvalue weighted by Gasteiger charge is -2.09. The molecule has 0 aliphatic carbocycles. The second kappa shape index (κ2) is 9.31. The smallest absolute Gasteiger partial charge is 0.251 e. The van der Waals surface area contributed by atoms with Crippen LogP contribution in [0.5, 0.6) is 0 Å². The molecule has 1 aliphatic heterocycles. The highest BCUT2D eigenvalue weighted by Crippen LogP contribution is 2.41. The Morgan fingerprint density at radius 3 is 2.47 bits per heavy atom. The van der Waals surface area contributed by atoms with Crippen molar-refractivity contribution >= 4 is 29.1 Å². The first-order valence-corrected chi connectivity index (χ1v) is 11.3. The highest BCUT2D eigenvalue weighted by Gasteiger charge is 2.18. The predicted molar refractivity (Wildman–Crippen MR) is 125 cm³/mol. The number of benzene rings is 3. The van der Waals surface area contributed by atoms with Crippen LogP contribution in [0.3, 0.4) is 0 Å². The third-order valence-electron chi connectivity index (χ3n) is 5.27. The quantitative estimate of drug-likeness (QED) is 0.496. The minimum Gasteiger partial charge on any atom is -0.348 e. The fourth-order valence-electron chi connectivity index (χ4n) is 3.56. The molecule has 0 bridgehead atoms. The fourth-order valence-corrected chi connectivity index (χ4v) is 4.58. The Balaban J connectivity index is 1.56. The minimum absolute atomic E-state index is 0.0728. The molecule has 3 aromatic carbocycles. The van der Waals surface area contributed by atoms with E-state index in [-0.39, 0.29) is 5.91 Å². The number of carbonyl (C=O) groups excluding carboxylic acids is 1. The number of rotatable bonds is 6. The summed E-state index contributed by atoms with van der Waals surface area (Å²) in [6.07, 6.45) is 2.97. The van der Waals surface area contributed by atoms with E-state index in [9.17, 15) is 4.79 Å². The van der Waals surface area contributed by atoms with E-state index in [2.05, 4.69) is 67.7 Å². The van der Waals surface area contributed by atoms with E-state index in [1.54, 1.807) is 11.8 Å². The Hall–Kier alpha value is -2.85. The van der Waals surface area contributed by atoms with Crippen molar-refractivity contribution in [3.63, 3.8) is 0 Å². The first-order chi connectivity index (χ1) is 14.7. The summed E-state index contributed by atoms with van der Waals surface area (Å²) in [7, 11) is 0. The van der Waals surface area contributed by atoms with Gasteiger partial charge in [-0.3, -0.25) is 9.79 Å². The first kappa shape index (κ1) is 20.4. The van der Waals surface area contributed by atoms with Crippen molar-refractivity contribution in [1.29, 1.82) is 0 Å². The van der Waals surface area contributed by atoms with Gasteiger partial charge in [-0.25, -0.2) is 0 Å². The molecular formula is C26H26N2OS. The van der Waals surface area contributed by atoms with Crippen LogP contribution in [-0.4, -0.2) is 11.6 Å². The van der Waals surface area contributed by atoms with Crippen LogP contribution in [0, 0.1) is 0 Å². The molecule has 0 saturated carbocycles. The van der Waals surface area contributed by atoms with Crippen LogP contribution in [0.25, 0.3) is 0 Å². The van der Waals surface area contributed by atoms with Gasteiger partial charge >= 0.3 is 0 Å². The van der Waals surface area contributed by atoms with Crippen molar-refractivity contribution in [1.82, 2.24) is 5.32 Å². The summed E-state index contributed by atoms with van der Waals surface area (Å²) in [5.41, 5.74) is 6.21. The molecule has 1 heterocycles. The molecule has 3 nitrogen and oxygen atoms in total. The monoisotopic (exact) mass is 414 g/mol. The predicted octanol–water partition coefficient (Wildman–Crippen LogP) is 6.56. The molecule has 152 valence electrons. The maximum absolute atomic E-state index is 12.8. The number of aliphatic imine (C=N–C) groups is 1. The van der Waals surface area contributed by atoms with Crippen LogP contribution < -0.4 is 5.32 Å². The van der Waals surface area contributed by atoms with Gasteiger partial charge in [0, 0.05) is 33.2 Å². The zero-order chi connectivity index (χ0) is 20.9. The van der Waals surface area contributed by atoms with Crippen molar-refractivity contribution in [2.24, 2.45) is 4.99 Å². The van der Waals surface area contributed by atoms with Gasteiger partial charge in [0.2, 0.25) is 0 Å². The highest BCUT2D eigenvalue weighted by atomic mass is 32.2. The van der Waals surface area contributed by atoms with Crippen LogP contribution in [0.2, 0.25) is 0 Å². The van der Waals surface area contributed by atoms with Crippen LogP contribution in [0.1, 0.15) is 53.7 Å². The number of carbonyl (C=O) groups is 1. The number of hydrogen-bond donors (Lipinski definition) is 1. The van der Waals surface area contributed by atoms with Gasteiger partial charge in [0.25, 0.3) is 5.91 Å². The first-order valence-electron chi connectivity index (χ1n) is 10.5. The molecule has 4 heteroatoms. The van der Waals surface area contributed by atoms with Gasteiger partial charge in [0.1, 0.15) is 0 Å². The van der Waals surface area contributed by atoms with E-state index >= 15 is 0 Å². The summed E-state index contributed by atoms with van der Waals surface area (Å²) >= 11 is 1.72. The Kier molecular flexibility index (Phi) is 6.34. The molecule has 1 amide bonds. The Bertz CT molecular complexity index is 1090. The Morgan fingerprint density at radius 2 is 1.70 bits per heavy atom. The molecule has 3 aromatic rings. The lowest BCUT2D eigenvalue weighted by molar-refractivity contribution is 0.0951. The van der Waals surface area contributed by atoms with Crippen molar-refractivity contribution in [2.45, 2.75) is 49.4 Å². The average molecular weight is 415 g/mol. The second-order valence-corrected chi connectivity index (χ2v) is 8.53. The van der Waals surface area contributed by atoms with E-state index in [0.29, 0.717) is 12.1 Å². The average Bonchev–Trinajstić information content (AvgIpc) is 2.94. The normalized spacial score (nSPS) is 12.4. The molecule has 0 radical (unpaired) electrons. The summed E-state index contributed by atoms with van der Waals surface area (Å²) in [4.78, 5) is 20.0. The molecule has 0 fully saturated rings. The standard InChI is InChI=1S/C26H26N2OS/c1-3-7-22-21-8-5-6-9-24(21)30-25-15-14-20(16-23(25)28-22)26(29)27-17-19-12-10-18(4-2)11-13-19/h5-6,8-16H,3-4,7,17H2,1-2H3,(H,27,29). The zero-order valence-corrected chi connectivity index (χ0v) is 18.3. The summed E-state index contributed by atoms with van der Waals surface area (Å²) in [5, 5.41) is 3.03. The molecule has 0 unspecified atom stereocenters.